The minimum Gasteiger partial charge on any atom is -0.480 e. The number of nitrogens with zero attached hydrogens (tertiary/aromatic N) is 2. The molecule has 19 heavy (non-hydrogen) atoms. The molecule has 1 aromatic rings. The Labute approximate surface area is 124 Å². The van der Waals surface area contributed by atoms with E-state index < -0.39 is 22.0 Å². The van der Waals surface area contributed by atoms with E-state index in [0.717, 1.165) is 15.9 Å². The van der Waals surface area contributed by atoms with Gasteiger partial charge < -0.3 is 5.11 Å². The minimum atomic E-state index is -1.47. The molecule has 0 saturated carbocycles. The first-order valence-corrected chi connectivity index (χ1v) is 8.28. The van der Waals surface area contributed by atoms with E-state index in [0.29, 0.717) is 6.54 Å². The second-order valence-corrected chi connectivity index (χ2v) is 7.04. The fraction of sp³-hybridized carbons (Fsp3) is 0.667. The predicted molar refractivity (Wildman–Crippen MR) is 78.4 cm³/mol. The molecule has 1 heterocycles. The summed E-state index contributed by atoms with van der Waals surface area (Å²) in [6.45, 7) is 8.02. The number of hydrogen-bond acceptors (Lipinski definition) is 3. The second-order valence-electron chi connectivity index (χ2n) is 4.69. The van der Waals surface area contributed by atoms with Crippen LogP contribution in [0.5, 0.6) is 0 Å². The van der Waals surface area contributed by atoms with E-state index in [2.05, 4.69) is 21.0 Å². The smallest absolute Gasteiger partial charge is 0.319 e. The molecule has 0 amide bonds. The summed E-state index contributed by atoms with van der Waals surface area (Å²) in [5, 5.41) is 12.6. The average Bonchev–Trinajstić information content (AvgIpc) is 2.55. The van der Waals surface area contributed by atoms with E-state index in [-0.39, 0.29) is 11.7 Å². The number of carboxylic acids is 1. The van der Waals surface area contributed by atoms with Crippen LogP contribution in [-0.2, 0) is 27.9 Å². The van der Waals surface area contributed by atoms with Crippen LogP contribution in [0.25, 0.3) is 0 Å². The van der Waals surface area contributed by atoms with Gasteiger partial charge in [-0.3, -0.25) is 13.7 Å². The summed E-state index contributed by atoms with van der Waals surface area (Å²) in [6.07, 6.45) is 0. The Hall–Kier alpha value is -0.690. The van der Waals surface area contributed by atoms with Crippen molar-refractivity contribution in [3.05, 3.63) is 15.9 Å². The van der Waals surface area contributed by atoms with Crippen LogP contribution < -0.4 is 0 Å². The highest BCUT2D eigenvalue weighted by atomic mass is 79.9. The molecule has 0 spiro atoms. The molecule has 0 radical (unpaired) electrons. The van der Waals surface area contributed by atoms with Gasteiger partial charge in [-0.05, 0) is 35.7 Å². The highest BCUT2D eigenvalue weighted by Gasteiger charge is 2.29. The molecule has 1 N–H and O–H groups in total. The van der Waals surface area contributed by atoms with Crippen molar-refractivity contribution < 1.29 is 14.1 Å². The Morgan fingerprint density at radius 3 is 2.53 bits per heavy atom. The van der Waals surface area contributed by atoms with Crippen molar-refractivity contribution in [3.63, 3.8) is 0 Å². The topological polar surface area (TPSA) is 72.2 Å². The van der Waals surface area contributed by atoms with Crippen LogP contribution in [-0.4, -0.2) is 30.3 Å². The van der Waals surface area contributed by atoms with Gasteiger partial charge in [0.2, 0.25) is 0 Å². The Bertz CT molecular complexity index is 499. The molecule has 2 atom stereocenters. The quantitative estimate of drug-likeness (QED) is 0.854. The zero-order valence-corrected chi connectivity index (χ0v) is 13.9. The molecule has 1 aromatic heterocycles. The van der Waals surface area contributed by atoms with Crippen LogP contribution in [0.4, 0.5) is 0 Å². The minimum absolute atomic E-state index is 0.170. The van der Waals surface area contributed by atoms with E-state index in [4.69, 9.17) is 5.11 Å². The molecule has 0 fully saturated rings. The molecule has 5 nitrogen and oxygen atoms in total. The van der Waals surface area contributed by atoms with E-state index in [1.807, 2.05) is 13.8 Å². The van der Waals surface area contributed by atoms with Crippen molar-refractivity contribution in [2.24, 2.45) is 5.92 Å². The standard InChI is InChI=1S/C12H19BrN2O3S/c1-5-15-9(10(13)8(4)14-15)6-19(18)11(7(2)3)12(16)17/h7,11H,5-6H2,1-4H3,(H,16,17). The lowest BCUT2D eigenvalue weighted by atomic mass is 10.1. The zero-order chi connectivity index (χ0) is 14.7. The monoisotopic (exact) mass is 350 g/mol. The summed E-state index contributed by atoms with van der Waals surface area (Å²) in [4.78, 5) is 11.2. The summed E-state index contributed by atoms with van der Waals surface area (Å²) in [6, 6.07) is 0. The Kier molecular flexibility index (Phi) is 5.73. The largest absolute Gasteiger partial charge is 0.480 e. The zero-order valence-electron chi connectivity index (χ0n) is 11.5. The van der Waals surface area contributed by atoms with Crippen LogP contribution in [0.1, 0.15) is 32.2 Å². The lowest BCUT2D eigenvalue weighted by molar-refractivity contribution is -0.137. The van der Waals surface area contributed by atoms with Gasteiger partial charge in [-0.2, -0.15) is 5.10 Å². The maximum absolute atomic E-state index is 12.3. The number of aliphatic carboxylic acids is 1. The van der Waals surface area contributed by atoms with Gasteiger partial charge >= 0.3 is 5.97 Å². The summed E-state index contributed by atoms with van der Waals surface area (Å²) in [5.74, 6) is -0.982. The molecule has 0 aliphatic carbocycles. The van der Waals surface area contributed by atoms with Gasteiger partial charge in [-0.15, -0.1) is 0 Å². The molecule has 7 heteroatoms. The Balaban J connectivity index is 3.02. The summed E-state index contributed by atoms with van der Waals surface area (Å²) in [7, 11) is -1.47. The van der Waals surface area contributed by atoms with Crippen molar-refractivity contribution in [1.29, 1.82) is 0 Å². The van der Waals surface area contributed by atoms with Gasteiger partial charge in [-0.25, -0.2) is 0 Å². The summed E-state index contributed by atoms with van der Waals surface area (Å²) < 4.78 is 14.9. The Morgan fingerprint density at radius 1 is 1.53 bits per heavy atom. The third kappa shape index (κ3) is 3.66. The predicted octanol–water partition coefficient (Wildman–Crippen LogP) is 2.33. The van der Waals surface area contributed by atoms with Crippen molar-refractivity contribution in [2.75, 3.05) is 0 Å². The van der Waals surface area contributed by atoms with Gasteiger partial charge in [0, 0.05) is 17.3 Å². The van der Waals surface area contributed by atoms with Crippen molar-refractivity contribution in [1.82, 2.24) is 9.78 Å². The van der Waals surface area contributed by atoms with Gasteiger partial charge in [0.05, 0.1) is 21.6 Å². The van der Waals surface area contributed by atoms with Crippen LogP contribution in [0.2, 0.25) is 0 Å². The highest BCUT2D eigenvalue weighted by molar-refractivity contribution is 9.10. The first-order chi connectivity index (χ1) is 8.79. The number of aryl methyl sites for hydroxylation is 2. The third-order valence-corrected chi connectivity index (χ3v) is 5.77. The van der Waals surface area contributed by atoms with Crippen LogP contribution in [0.15, 0.2) is 4.47 Å². The van der Waals surface area contributed by atoms with E-state index in [1.54, 1.807) is 18.5 Å². The lowest BCUT2D eigenvalue weighted by Crippen LogP contribution is -2.32. The van der Waals surface area contributed by atoms with Crippen molar-refractivity contribution in [3.8, 4) is 0 Å². The van der Waals surface area contributed by atoms with Crippen LogP contribution >= 0.6 is 15.9 Å². The maximum Gasteiger partial charge on any atom is 0.319 e. The number of carboxylic acid groups (broad SMARTS) is 1. The van der Waals surface area contributed by atoms with Crippen LogP contribution in [0, 0.1) is 12.8 Å². The first kappa shape index (κ1) is 16.4. The fourth-order valence-electron chi connectivity index (χ4n) is 1.93. The Morgan fingerprint density at radius 2 is 2.11 bits per heavy atom. The van der Waals surface area contributed by atoms with Crippen LogP contribution in [0.3, 0.4) is 0 Å². The van der Waals surface area contributed by atoms with E-state index in [1.165, 1.54) is 0 Å². The number of rotatable bonds is 6. The lowest BCUT2D eigenvalue weighted by Gasteiger charge is -2.16. The molecular formula is C12H19BrN2O3S. The molecule has 0 bridgehead atoms. The number of halogens is 1. The first-order valence-electron chi connectivity index (χ1n) is 6.11. The van der Waals surface area contributed by atoms with Gasteiger partial charge in [0.1, 0.15) is 5.25 Å². The summed E-state index contributed by atoms with van der Waals surface area (Å²) in [5.41, 5.74) is 1.62. The number of hydrogen-bond donors (Lipinski definition) is 1. The molecule has 1 rings (SSSR count). The molecule has 108 valence electrons. The van der Waals surface area contributed by atoms with E-state index >= 15 is 0 Å². The number of aromatic nitrogens is 2. The van der Waals surface area contributed by atoms with Crippen molar-refractivity contribution >= 4 is 32.7 Å². The summed E-state index contributed by atoms with van der Waals surface area (Å²) >= 11 is 3.43. The molecule has 0 aliphatic heterocycles. The normalized spacial score (nSPS) is 14.6. The second kappa shape index (κ2) is 6.65. The molecule has 0 saturated heterocycles. The molecule has 2 unspecified atom stereocenters. The third-order valence-electron chi connectivity index (χ3n) is 2.86. The SMILES string of the molecule is CCn1nc(C)c(Br)c1CS(=O)C(C(=O)O)C(C)C. The van der Waals surface area contributed by atoms with Gasteiger partial charge in [0.15, 0.2) is 0 Å². The molecule has 0 aromatic carbocycles. The van der Waals surface area contributed by atoms with E-state index in [9.17, 15) is 9.00 Å². The molecule has 0 aliphatic rings. The van der Waals surface area contributed by atoms with Gasteiger partial charge in [-0.1, -0.05) is 13.8 Å². The average molecular weight is 351 g/mol. The maximum atomic E-state index is 12.3. The highest BCUT2D eigenvalue weighted by Crippen LogP contribution is 2.24. The van der Waals surface area contributed by atoms with Crippen molar-refractivity contribution in [2.45, 2.75) is 45.2 Å². The number of carbonyl (C=O) groups is 1. The fourth-order valence-corrected chi connectivity index (χ4v) is 4.12. The van der Waals surface area contributed by atoms with Gasteiger partial charge in [0.25, 0.3) is 0 Å². The molecular weight excluding hydrogens is 332 g/mol.